The molecule has 48 heavy (non-hydrogen) atoms. The fraction of sp³-hybridized carbons (Fsp3) is 0.500. The predicted octanol–water partition coefficient (Wildman–Crippen LogP) is -1.44. The van der Waals surface area contributed by atoms with E-state index in [2.05, 4.69) is 38.6 Å². The number of hydrogen-bond acceptors (Lipinski definition) is 11. The molecule has 0 aromatic heterocycles. The highest BCUT2D eigenvalue weighted by Crippen LogP contribution is 2.30. The number of aliphatic carboxylic acids is 1. The molecule has 2 aromatic carbocycles. The lowest BCUT2D eigenvalue weighted by molar-refractivity contribution is -0.143. The Bertz CT molecular complexity index is 1590. The van der Waals surface area contributed by atoms with Gasteiger partial charge in [-0.05, 0) is 31.4 Å². The topological polar surface area (TPSA) is 244 Å². The lowest BCUT2D eigenvalue weighted by atomic mass is 10.0. The maximum absolute atomic E-state index is 13.2. The van der Waals surface area contributed by atoms with Crippen LogP contribution in [0.5, 0.6) is 0 Å². The predicted molar refractivity (Wildman–Crippen MR) is 181 cm³/mol. The maximum Gasteiger partial charge on any atom is 0.326 e. The molecule has 0 fully saturated rings. The summed E-state index contributed by atoms with van der Waals surface area (Å²) in [5.41, 5.74) is 0.790. The van der Waals surface area contributed by atoms with E-state index < -0.39 is 83.0 Å². The number of benzene rings is 2. The first-order valence-corrected chi connectivity index (χ1v) is 17.1. The molecule has 0 aliphatic rings. The Morgan fingerprint density at radius 1 is 0.833 bits per heavy atom. The third-order valence-corrected chi connectivity index (χ3v) is 8.91. The van der Waals surface area contributed by atoms with Gasteiger partial charge in [0, 0.05) is 36.3 Å². The van der Waals surface area contributed by atoms with Gasteiger partial charge in [0.2, 0.25) is 33.7 Å². The standard InChI is InChI=1S/C30H44N6O10S2/c1-16(2)12-20(30(43)44)33-29(42)26(17(3)38)35-27(40)21(14-37)34-28(41)22(15-47)32-25(39)13-31-48(45,46)24-11-7-8-18-19(24)9-6-10-23(18)36(4)5/h6-11,16-17,20-22,26,31,37-38,47H,12-15H2,1-5H3,(H,32,39)(H,33,42)(H,34,41)(H,35,40)(H,43,44)/t17-,20+,21+,22+,26+/m1/s1. The Balaban J connectivity index is 2.07. The number of rotatable bonds is 18. The summed E-state index contributed by atoms with van der Waals surface area (Å²) in [6.45, 7) is 2.97. The summed E-state index contributed by atoms with van der Waals surface area (Å²) in [6, 6.07) is 3.96. The average molecular weight is 713 g/mol. The number of fused-ring (bicyclic) bond motifs is 1. The first kappa shape index (κ1) is 40.2. The van der Waals surface area contributed by atoms with Gasteiger partial charge in [0.25, 0.3) is 0 Å². The highest BCUT2D eigenvalue weighted by molar-refractivity contribution is 7.89. The molecule has 0 bridgehead atoms. The molecule has 0 saturated carbocycles. The number of hydrogen-bond donors (Lipinski definition) is 9. The Morgan fingerprint density at radius 2 is 1.42 bits per heavy atom. The number of carbonyl (C=O) groups excluding carboxylic acids is 4. The van der Waals surface area contributed by atoms with E-state index in [9.17, 15) is 47.7 Å². The summed E-state index contributed by atoms with van der Waals surface area (Å²) in [4.78, 5) is 64.6. The third kappa shape index (κ3) is 11.0. The molecule has 2 rings (SSSR count). The van der Waals surface area contributed by atoms with Gasteiger partial charge in [0.1, 0.15) is 24.2 Å². The van der Waals surface area contributed by atoms with Gasteiger partial charge in [-0.25, -0.2) is 17.9 Å². The second-order valence-corrected chi connectivity index (χ2v) is 13.8. The van der Waals surface area contributed by atoms with Gasteiger partial charge in [0.15, 0.2) is 0 Å². The summed E-state index contributed by atoms with van der Waals surface area (Å²) < 4.78 is 28.5. The zero-order valence-corrected chi connectivity index (χ0v) is 29.0. The summed E-state index contributed by atoms with van der Waals surface area (Å²) >= 11 is 4.05. The summed E-state index contributed by atoms with van der Waals surface area (Å²) in [5, 5.41) is 39.4. The highest BCUT2D eigenvalue weighted by atomic mass is 32.2. The Hall–Kier alpha value is -3.97. The van der Waals surface area contributed by atoms with Crippen LogP contribution in [0.15, 0.2) is 41.3 Å². The van der Waals surface area contributed by atoms with Crippen LogP contribution in [-0.2, 0) is 34.0 Å². The highest BCUT2D eigenvalue weighted by Gasteiger charge is 2.33. The number of nitrogens with zero attached hydrogens (tertiary/aromatic N) is 1. The van der Waals surface area contributed by atoms with E-state index in [0.717, 1.165) is 5.69 Å². The van der Waals surface area contributed by atoms with Crippen molar-refractivity contribution in [1.29, 1.82) is 0 Å². The Morgan fingerprint density at radius 3 is 1.96 bits per heavy atom. The molecule has 0 radical (unpaired) electrons. The molecule has 8 N–H and O–H groups in total. The van der Waals surface area contributed by atoms with Crippen molar-refractivity contribution >= 4 is 68.7 Å². The second-order valence-electron chi connectivity index (χ2n) is 11.6. The number of carboxylic acid groups (broad SMARTS) is 1. The fourth-order valence-corrected chi connectivity index (χ4v) is 6.11. The first-order valence-electron chi connectivity index (χ1n) is 14.9. The van der Waals surface area contributed by atoms with E-state index in [1.54, 1.807) is 38.1 Å². The van der Waals surface area contributed by atoms with Gasteiger partial charge in [-0.1, -0.05) is 38.1 Å². The maximum atomic E-state index is 13.2. The lowest BCUT2D eigenvalue weighted by Gasteiger charge is -2.26. The zero-order chi connectivity index (χ0) is 36.3. The van der Waals surface area contributed by atoms with E-state index in [4.69, 9.17) is 0 Å². The van der Waals surface area contributed by atoms with Crippen molar-refractivity contribution in [3.05, 3.63) is 36.4 Å². The molecule has 0 heterocycles. The molecule has 18 heteroatoms. The quantitative estimate of drug-likeness (QED) is 0.0811. The van der Waals surface area contributed by atoms with Gasteiger partial charge in [-0.3, -0.25) is 19.2 Å². The molecule has 16 nitrogen and oxygen atoms in total. The van der Waals surface area contributed by atoms with E-state index in [0.29, 0.717) is 10.8 Å². The van der Waals surface area contributed by atoms with Gasteiger partial charge >= 0.3 is 5.97 Å². The van der Waals surface area contributed by atoms with Crippen LogP contribution in [0.25, 0.3) is 10.8 Å². The van der Waals surface area contributed by atoms with E-state index in [1.807, 2.05) is 25.1 Å². The third-order valence-electron chi connectivity index (χ3n) is 7.09. The molecular weight excluding hydrogens is 668 g/mol. The number of nitrogens with one attached hydrogen (secondary N) is 5. The van der Waals surface area contributed by atoms with Gasteiger partial charge in [-0.15, -0.1) is 0 Å². The molecule has 266 valence electrons. The molecule has 0 spiro atoms. The van der Waals surface area contributed by atoms with Crippen LogP contribution in [0.3, 0.4) is 0 Å². The van der Waals surface area contributed by atoms with Crippen LogP contribution in [0.2, 0.25) is 0 Å². The van der Waals surface area contributed by atoms with Gasteiger partial charge in [0.05, 0.1) is 24.2 Å². The van der Waals surface area contributed by atoms with Crippen molar-refractivity contribution in [3.63, 3.8) is 0 Å². The fourth-order valence-electron chi connectivity index (χ4n) is 4.65. The molecular formula is C30H44N6O10S2. The molecule has 0 aliphatic carbocycles. The van der Waals surface area contributed by atoms with E-state index in [-0.39, 0.29) is 23.0 Å². The van der Waals surface area contributed by atoms with Crippen molar-refractivity contribution in [2.24, 2.45) is 5.92 Å². The molecule has 0 unspecified atom stereocenters. The number of carbonyl (C=O) groups is 5. The molecule has 0 aliphatic heterocycles. The Labute approximate surface area is 284 Å². The summed E-state index contributed by atoms with van der Waals surface area (Å²) in [7, 11) is -0.547. The average Bonchev–Trinajstić information content (AvgIpc) is 3.02. The zero-order valence-electron chi connectivity index (χ0n) is 27.3. The van der Waals surface area contributed by atoms with Crippen molar-refractivity contribution in [1.82, 2.24) is 26.0 Å². The van der Waals surface area contributed by atoms with E-state index >= 15 is 0 Å². The van der Waals surface area contributed by atoms with Crippen LogP contribution in [0, 0.1) is 5.92 Å². The van der Waals surface area contributed by atoms with Crippen LogP contribution in [0.1, 0.15) is 27.2 Å². The number of amides is 4. The number of thiol groups is 1. The van der Waals surface area contributed by atoms with Crippen LogP contribution < -0.4 is 30.9 Å². The summed E-state index contributed by atoms with van der Waals surface area (Å²) in [6.07, 6.45) is -1.41. The van der Waals surface area contributed by atoms with E-state index in [1.165, 1.54) is 13.0 Å². The minimum atomic E-state index is -4.19. The van der Waals surface area contributed by atoms with Crippen molar-refractivity contribution in [2.75, 3.05) is 37.9 Å². The SMILES string of the molecule is CC(C)C[C@H](NC(=O)[C@@H](NC(=O)[C@H](CO)NC(=O)[C@H](CS)NC(=O)CNS(=O)(=O)c1cccc2c(N(C)C)cccc12)[C@@H](C)O)C(=O)O. The van der Waals surface area contributed by atoms with Crippen molar-refractivity contribution in [2.45, 2.75) is 62.4 Å². The van der Waals surface area contributed by atoms with Crippen LogP contribution in [0.4, 0.5) is 5.69 Å². The number of anilines is 1. The number of carboxylic acids is 1. The Kier molecular flexibility index (Phi) is 15.1. The molecule has 0 saturated heterocycles. The lowest BCUT2D eigenvalue weighted by Crippen LogP contribution is -2.61. The second kappa shape index (κ2) is 18.0. The van der Waals surface area contributed by atoms with Gasteiger partial charge in [-0.2, -0.15) is 12.6 Å². The minimum absolute atomic E-state index is 0.0561. The van der Waals surface area contributed by atoms with Crippen molar-refractivity contribution < 1.29 is 47.7 Å². The largest absolute Gasteiger partial charge is 0.480 e. The number of sulfonamides is 1. The van der Waals surface area contributed by atoms with Crippen LogP contribution in [-0.4, -0.2) is 117 Å². The molecule has 4 amide bonds. The summed E-state index contributed by atoms with van der Waals surface area (Å²) in [5.74, 6) is -5.65. The normalized spacial score (nSPS) is 14.7. The van der Waals surface area contributed by atoms with Crippen molar-refractivity contribution in [3.8, 4) is 0 Å². The molecule has 2 aromatic rings. The first-order chi connectivity index (χ1) is 22.4. The van der Waals surface area contributed by atoms with Gasteiger partial charge < -0.3 is 41.5 Å². The monoisotopic (exact) mass is 712 g/mol. The smallest absolute Gasteiger partial charge is 0.326 e. The minimum Gasteiger partial charge on any atom is -0.480 e. The van der Waals surface area contributed by atoms with Crippen LogP contribution >= 0.6 is 12.6 Å². The number of aliphatic hydroxyl groups excluding tert-OH is 2. The number of aliphatic hydroxyl groups is 2. The molecule has 5 atom stereocenters.